The minimum Gasteiger partial charge on any atom is -0.279 e. The zero-order valence-corrected chi connectivity index (χ0v) is 27.7. The molecular formula is C36H32N8S2. The largest absolute Gasteiger partial charge is 0.364 e. The number of thiol groups is 2. The summed E-state index contributed by atoms with van der Waals surface area (Å²) < 4.78 is 0. The van der Waals surface area contributed by atoms with E-state index in [0.717, 1.165) is 20.9 Å². The van der Waals surface area contributed by atoms with E-state index >= 15 is 0 Å². The Morgan fingerprint density at radius 2 is 0.804 bits per heavy atom. The lowest BCUT2D eigenvalue weighted by molar-refractivity contribution is 0.506. The fraction of sp³-hybridized carbons (Fsp3) is 0.222. The van der Waals surface area contributed by atoms with Crippen LogP contribution >= 0.6 is 25.3 Å². The van der Waals surface area contributed by atoms with E-state index in [1.165, 1.54) is 0 Å². The number of hydrogen-bond acceptors (Lipinski definition) is 8. The number of azo groups is 2. The predicted molar refractivity (Wildman–Crippen MR) is 184 cm³/mol. The maximum atomic E-state index is 9.57. The average molecular weight is 641 g/mol. The number of benzene rings is 4. The van der Waals surface area contributed by atoms with E-state index in [4.69, 9.17) is 13.1 Å². The van der Waals surface area contributed by atoms with E-state index in [1.807, 2.05) is 60.7 Å². The highest BCUT2D eigenvalue weighted by atomic mass is 32.1. The van der Waals surface area contributed by atoms with E-state index in [1.54, 1.807) is 76.2 Å². The highest BCUT2D eigenvalue weighted by Gasteiger charge is 2.36. The van der Waals surface area contributed by atoms with Gasteiger partial charge in [0.25, 0.3) is 0 Å². The zero-order chi connectivity index (χ0) is 33.8. The lowest BCUT2D eigenvalue weighted by Gasteiger charge is -2.18. The quantitative estimate of drug-likeness (QED) is 0.114. The minimum atomic E-state index is -1.19. The summed E-state index contributed by atoms with van der Waals surface area (Å²) in [4.78, 5) is 8.81. The Kier molecular flexibility index (Phi) is 11.6. The molecule has 0 bridgehead atoms. The minimum absolute atomic E-state index is 0.699. The van der Waals surface area contributed by atoms with Gasteiger partial charge in [-0.15, -0.1) is 25.3 Å². The number of nitriles is 2. The summed E-state index contributed by atoms with van der Waals surface area (Å²) in [5.41, 5.74) is -1.70. The molecular weight excluding hydrogens is 609 g/mol. The topological polar surface area (TPSA) is 106 Å². The molecule has 0 saturated carbocycles. The molecule has 4 aromatic carbocycles. The van der Waals surface area contributed by atoms with Crippen LogP contribution in [0.2, 0.25) is 0 Å². The third-order valence-corrected chi connectivity index (χ3v) is 7.86. The van der Waals surface area contributed by atoms with Crippen LogP contribution in [-0.2, 0) is 22.4 Å². The van der Waals surface area contributed by atoms with Crippen LogP contribution in [0.5, 0.6) is 0 Å². The molecule has 0 aliphatic rings. The summed E-state index contributed by atoms with van der Waals surface area (Å²) in [5, 5.41) is 35.9. The first-order valence-electron chi connectivity index (χ1n) is 14.0. The Hall–Kier alpha value is -5.26. The molecule has 0 N–H and O–H groups in total. The monoisotopic (exact) mass is 640 g/mol. The number of nitrogens with zero attached hydrogens (tertiary/aromatic N) is 8. The van der Waals surface area contributed by atoms with Gasteiger partial charge in [-0.1, -0.05) is 70.9 Å². The van der Waals surface area contributed by atoms with Crippen molar-refractivity contribution in [3.63, 3.8) is 0 Å². The van der Waals surface area contributed by atoms with Crippen LogP contribution in [0.4, 0.5) is 0 Å². The molecule has 0 fully saturated rings. The van der Waals surface area contributed by atoms with E-state index in [9.17, 15) is 10.5 Å². The Morgan fingerprint density at radius 1 is 0.500 bits per heavy atom. The molecule has 0 aromatic heterocycles. The Morgan fingerprint density at radius 3 is 1.15 bits per heavy atom. The van der Waals surface area contributed by atoms with Crippen LogP contribution in [0.3, 0.4) is 0 Å². The average Bonchev–Trinajstić information content (AvgIpc) is 3.11. The van der Waals surface area contributed by atoms with Crippen LogP contribution < -0.4 is 0 Å². The molecule has 0 saturated heterocycles. The van der Waals surface area contributed by atoms with Gasteiger partial charge < -0.3 is 0 Å². The molecule has 0 aliphatic heterocycles. The van der Waals surface area contributed by atoms with E-state index in [2.05, 4.69) is 67.5 Å². The molecule has 8 nitrogen and oxygen atoms in total. The van der Waals surface area contributed by atoms with Crippen molar-refractivity contribution in [1.29, 1.82) is 10.5 Å². The maximum Gasteiger partial charge on any atom is 0.364 e. The van der Waals surface area contributed by atoms with Gasteiger partial charge in [0.2, 0.25) is 0 Å². The molecule has 0 aliphatic carbocycles. The molecule has 10 heteroatoms. The maximum absolute atomic E-state index is 9.57. The van der Waals surface area contributed by atoms with Gasteiger partial charge in [0, 0.05) is 23.6 Å². The fourth-order valence-electron chi connectivity index (χ4n) is 4.05. The number of rotatable bonds is 8. The predicted octanol–water partition coefficient (Wildman–Crippen LogP) is 9.92. The molecule has 0 radical (unpaired) electrons. The molecule has 0 spiro atoms. The van der Waals surface area contributed by atoms with Crippen molar-refractivity contribution in [3.8, 4) is 12.1 Å². The van der Waals surface area contributed by atoms with Gasteiger partial charge in [-0.3, -0.25) is 9.69 Å². The highest BCUT2D eigenvalue weighted by molar-refractivity contribution is 7.80. The van der Waals surface area contributed by atoms with Crippen molar-refractivity contribution in [1.82, 2.24) is 0 Å². The Labute approximate surface area is 281 Å². The molecule has 4 rings (SSSR count). The van der Waals surface area contributed by atoms with E-state index < -0.39 is 22.4 Å². The van der Waals surface area contributed by atoms with Crippen LogP contribution in [0.15, 0.2) is 139 Å². The van der Waals surface area contributed by atoms with Crippen LogP contribution in [0, 0.1) is 35.8 Å². The Bertz CT molecular complexity index is 1710. The normalized spacial score (nSPS) is 16.0. The second kappa shape index (κ2) is 15.2. The third-order valence-electron chi connectivity index (χ3n) is 7.26. The summed E-state index contributed by atoms with van der Waals surface area (Å²) in [6, 6.07) is 37.2. The standard InChI is InChI=1S/C18H16N4S2.C18H16N4/c1-17(12-19,13-4-8-15(23)9-5-13)21-22-18(2,20-3)14-6-10-16(24)11-7-14;1-17(14-19,15-10-6-4-7-11-15)21-22-18(2,20-3)16-12-8-5-9-13-16/h4-11,23-24H,1-2H3;4-13H,1-2H3. The van der Waals surface area contributed by atoms with Crippen LogP contribution in [0.25, 0.3) is 9.69 Å². The fourth-order valence-corrected chi connectivity index (χ4v) is 4.35. The molecule has 4 aromatic rings. The van der Waals surface area contributed by atoms with Crippen LogP contribution in [0.1, 0.15) is 49.9 Å². The summed E-state index contributed by atoms with van der Waals surface area (Å²) in [6.45, 7) is 21.7. The molecule has 46 heavy (non-hydrogen) atoms. The first-order chi connectivity index (χ1) is 21.9. The van der Waals surface area contributed by atoms with E-state index in [0.29, 0.717) is 11.1 Å². The summed E-state index contributed by atoms with van der Waals surface area (Å²) in [5.74, 6) is 0. The summed E-state index contributed by atoms with van der Waals surface area (Å²) in [6.07, 6.45) is 0. The van der Waals surface area contributed by atoms with Gasteiger partial charge in [0.05, 0.1) is 23.3 Å². The second-order valence-electron chi connectivity index (χ2n) is 10.9. The molecule has 228 valence electrons. The second-order valence-corrected chi connectivity index (χ2v) is 11.9. The van der Waals surface area contributed by atoms with Crippen molar-refractivity contribution >= 4 is 25.3 Å². The van der Waals surface area contributed by atoms with Gasteiger partial charge >= 0.3 is 11.3 Å². The van der Waals surface area contributed by atoms with Crippen molar-refractivity contribution < 1.29 is 0 Å². The SMILES string of the molecule is [C-]#[N+]C(C)(N=NC(C)(C#N)c1ccc(S)cc1)c1ccc(S)cc1.[C-]#[N+]C(C)(N=NC(C)(C#N)c1ccccc1)c1ccccc1. The van der Waals surface area contributed by atoms with Gasteiger partial charge in [0.1, 0.15) is 0 Å². The molecule has 4 atom stereocenters. The Balaban J connectivity index is 0.000000251. The van der Waals surface area contributed by atoms with Gasteiger partial charge in [-0.25, -0.2) is 13.1 Å². The summed E-state index contributed by atoms with van der Waals surface area (Å²) >= 11 is 8.49. The summed E-state index contributed by atoms with van der Waals surface area (Å²) in [7, 11) is 0. The lowest BCUT2D eigenvalue weighted by Crippen LogP contribution is -2.19. The molecule has 0 amide bonds. The van der Waals surface area contributed by atoms with Gasteiger partial charge in [-0.2, -0.15) is 20.8 Å². The highest BCUT2D eigenvalue weighted by Crippen LogP contribution is 2.34. The van der Waals surface area contributed by atoms with Crippen LogP contribution in [-0.4, -0.2) is 0 Å². The first kappa shape index (κ1) is 35.2. The first-order valence-corrected chi connectivity index (χ1v) is 14.9. The lowest BCUT2D eigenvalue weighted by atomic mass is 9.95. The van der Waals surface area contributed by atoms with Gasteiger partial charge in [0.15, 0.2) is 11.1 Å². The molecule has 0 heterocycles. The molecule has 4 unspecified atom stereocenters. The van der Waals surface area contributed by atoms with Crippen molar-refractivity contribution in [3.05, 3.63) is 154 Å². The van der Waals surface area contributed by atoms with Crippen molar-refractivity contribution in [2.45, 2.75) is 59.9 Å². The zero-order valence-electron chi connectivity index (χ0n) is 25.9. The number of hydrogen-bond donors (Lipinski definition) is 2. The third kappa shape index (κ3) is 8.46. The van der Waals surface area contributed by atoms with Crippen molar-refractivity contribution in [2.24, 2.45) is 20.5 Å². The van der Waals surface area contributed by atoms with Gasteiger partial charge in [-0.05, 0) is 73.5 Å². The van der Waals surface area contributed by atoms with Crippen molar-refractivity contribution in [2.75, 3.05) is 0 Å². The smallest absolute Gasteiger partial charge is 0.279 e. The van der Waals surface area contributed by atoms with E-state index in [-0.39, 0.29) is 0 Å².